The van der Waals surface area contributed by atoms with Crippen molar-refractivity contribution in [1.82, 2.24) is 25.1 Å². The normalized spacial score (nSPS) is 16.4. The highest BCUT2D eigenvalue weighted by atomic mass is 16.1. The van der Waals surface area contributed by atoms with Gasteiger partial charge in [-0.25, -0.2) is 9.97 Å². The number of hydrogen-bond donors (Lipinski definition) is 2. The summed E-state index contributed by atoms with van der Waals surface area (Å²) < 4.78 is 1.97. The molecule has 2 saturated carbocycles. The molecule has 0 spiro atoms. The molecule has 2 aliphatic rings. The molecule has 2 N–H and O–H groups in total. The first-order valence-electron chi connectivity index (χ1n) is 10.6. The lowest BCUT2D eigenvalue weighted by Crippen LogP contribution is -2.35. The molecule has 1 amide bonds. The fraction of sp³-hybridized carbons (Fsp3) is 0.348. The zero-order valence-electron chi connectivity index (χ0n) is 17.2. The first-order chi connectivity index (χ1) is 15.1. The lowest BCUT2D eigenvalue weighted by atomic mass is 10.1. The number of nitriles is 1. The molecule has 31 heavy (non-hydrogen) atoms. The Labute approximate surface area is 180 Å². The van der Waals surface area contributed by atoms with E-state index in [4.69, 9.17) is 0 Å². The van der Waals surface area contributed by atoms with Gasteiger partial charge in [0.2, 0.25) is 5.95 Å². The molecule has 2 heterocycles. The van der Waals surface area contributed by atoms with E-state index in [2.05, 4.69) is 31.8 Å². The van der Waals surface area contributed by atoms with Crippen LogP contribution in [0.5, 0.6) is 0 Å². The third-order valence-electron chi connectivity index (χ3n) is 5.69. The number of nitrogens with zero attached hydrogens (tertiary/aromatic N) is 5. The minimum atomic E-state index is -0.408. The van der Waals surface area contributed by atoms with Crippen molar-refractivity contribution in [2.45, 2.75) is 44.7 Å². The average Bonchev–Trinajstić information content (AvgIpc) is 3.72. The van der Waals surface area contributed by atoms with Gasteiger partial charge in [0.15, 0.2) is 0 Å². The van der Waals surface area contributed by atoms with Gasteiger partial charge in [0.05, 0.1) is 29.7 Å². The van der Waals surface area contributed by atoms with E-state index < -0.39 is 6.04 Å². The van der Waals surface area contributed by atoms with Crippen LogP contribution in [0.3, 0.4) is 0 Å². The highest BCUT2D eigenvalue weighted by Crippen LogP contribution is 2.35. The number of carbonyl (C=O) groups excluding carboxylic acids is 1. The lowest BCUT2D eigenvalue weighted by molar-refractivity contribution is 0.0942. The molecule has 2 fully saturated rings. The van der Waals surface area contributed by atoms with Gasteiger partial charge in [-0.05, 0) is 56.2 Å². The SMILES string of the molecule is Cc1cnc(Nc2cnn(C3CC3)c2)nc1-c1ccc(C(=O)NC(C#N)C2CC2)cc1. The van der Waals surface area contributed by atoms with Gasteiger partial charge in [0.25, 0.3) is 5.91 Å². The molecule has 2 aromatic heterocycles. The van der Waals surface area contributed by atoms with Gasteiger partial charge in [0.1, 0.15) is 6.04 Å². The molecular weight excluding hydrogens is 390 g/mol. The van der Waals surface area contributed by atoms with Gasteiger partial charge in [-0.3, -0.25) is 9.48 Å². The Morgan fingerprint density at radius 2 is 1.97 bits per heavy atom. The van der Waals surface area contributed by atoms with Crippen molar-refractivity contribution in [3.63, 3.8) is 0 Å². The van der Waals surface area contributed by atoms with Crippen molar-refractivity contribution in [3.05, 3.63) is 54.0 Å². The number of aromatic nitrogens is 4. The van der Waals surface area contributed by atoms with Crippen molar-refractivity contribution in [2.75, 3.05) is 5.32 Å². The van der Waals surface area contributed by atoms with Gasteiger partial charge < -0.3 is 10.6 Å². The second-order valence-corrected chi connectivity index (χ2v) is 8.29. The fourth-order valence-corrected chi connectivity index (χ4v) is 3.55. The van der Waals surface area contributed by atoms with Gasteiger partial charge >= 0.3 is 0 Å². The van der Waals surface area contributed by atoms with E-state index in [1.165, 1.54) is 12.8 Å². The average molecular weight is 413 g/mol. The van der Waals surface area contributed by atoms with E-state index in [0.717, 1.165) is 35.3 Å². The summed E-state index contributed by atoms with van der Waals surface area (Å²) in [7, 11) is 0. The Hall–Kier alpha value is -3.73. The van der Waals surface area contributed by atoms with Crippen LogP contribution in [0.2, 0.25) is 0 Å². The smallest absolute Gasteiger partial charge is 0.252 e. The molecule has 3 aromatic rings. The predicted molar refractivity (Wildman–Crippen MR) is 116 cm³/mol. The quantitative estimate of drug-likeness (QED) is 0.610. The van der Waals surface area contributed by atoms with Gasteiger partial charge in [-0.15, -0.1) is 0 Å². The summed E-state index contributed by atoms with van der Waals surface area (Å²) in [4.78, 5) is 21.5. The largest absolute Gasteiger partial charge is 0.336 e. The summed E-state index contributed by atoms with van der Waals surface area (Å²) >= 11 is 0. The van der Waals surface area contributed by atoms with Crippen molar-refractivity contribution in [3.8, 4) is 17.3 Å². The lowest BCUT2D eigenvalue weighted by Gasteiger charge is -2.11. The molecule has 0 aliphatic heterocycles. The number of rotatable bonds is 7. The van der Waals surface area contributed by atoms with E-state index in [1.54, 1.807) is 24.5 Å². The Morgan fingerprint density at radius 1 is 1.19 bits per heavy atom. The second kappa shape index (κ2) is 7.84. The second-order valence-electron chi connectivity index (χ2n) is 8.29. The van der Waals surface area contributed by atoms with E-state index in [-0.39, 0.29) is 5.91 Å². The Kier molecular flexibility index (Phi) is 4.86. The maximum atomic E-state index is 12.5. The minimum Gasteiger partial charge on any atom is -0.336 e. The molecule has 0 bridgehead atoms. The summed E-state index contributed by atoms with van der Waals surface area (Å²) in [5.41, 5.74) is 4.02. The molecule has 5 rings (SSSR count). The molecule has 2 aliphatic carbocycles. The van der Waals surface area contributed by atoms with E-state index in [0.29, 0.717) is 23.5 Å². The van der Waals surface area contributed by atoms with E-state index in [9.17, 15) is 10.1 Å². The van der Waals surface area contributed by atoms with Crippen LogP contribution in [0.15, 0.2) is 42.9 Å². The first kappa shape index (κ1) is 19.2. The molecule has 0 saturated heterocycles. The zero-order chi connectivity index (χ0) is 21.4. The van der Waals surface area contributed by atoms with Crippen LogP contribution in [-0.2, 0) is 0 Å². The van der Waals surface area contributed by atoms with Gasteiger partial charge in [0, 0.05) is 23.5 Å². The maximum Gasteiger partial charge on any atom is 0.252 e. The number of hydrogen-bond acceptors (Lipinski definition) is 6. The fourth-order valence-electron chi connectivity index (χ4n) is 3.55. The summed E-state index contributed by atoms with van der Waals surface area (Å²) in [6, 6.07) is 9.57. The van der Waals surface area contributed by atoms with Crippen molar-refractivity contribution in [1.29, 1.82) is 5.26 Å². The highest BCUT2D eigenvalue weighted by Gasteiger charge is 2.32. The molecule has 156 valence electrons. The van der Waals surface area contributed by atoms with Crippen LogP contribution in [-0.4, -0.2) is 31.7 Å². The molecule has 1 unspecified atom stereocenters. The number of aryl methyl sites for hydroxylation is 1. The Morgan fingerprint density at radius 3 is 2.65 bits per heavy atom. The maximum absolute atomic E-state index is 12.5. The Balaban J connectivity index is 1.31. The third kappa shape index (κ3) is 4.26. The minimum absolute atomic E-state index is 0.223. The molecule has 0 radical (unpaired) electrons. The van der Waals surface area contributed by atoms with E-state index >= 15 is 0 Å². The highest BCUT2D eigenvalue weighted by molar-refractivity contribution is 5.95. The molecule has 1 atom stereocenters. The van der Waals surface area contributed by atoms with Crippen LogP contribution in [0.4, 0.5) is 11.6 Å². The topological polar surface area (TPSA) is 109 Å². The summed E-state index contributed by atoms with van der Waals surface area (Å²) in [5, 5.41) is 19.6. The molecule has 8 heteroatoms. The predicted octanol–water partition coefficient (Wildman–Crippen LogP) is 3.76. The van der Waals surface area contributed by atoms with Crippen LogP contribution in [0, 0.1) is 24.2 Å². The monoisotopic (exact) mass is 413 g/mol. The summed E-state index contributed by atoms with van der Waals surface area (Å²) in [5.74, 6) is 0.567. The number of carbonyl (C=O) groups is 1. The van der Waals surface area contributed by atoms with Crippen LogP contribution in [0.25, 0.3) is 11.3 Å². The number of anilines is 2. The van der Waals surface area contributed by atoms with Crippen LogP contribution in [0.1, 0.15) is 47.6 Å². The zero-order valence-corrected chi connectivity index (χ0v) is 17.2. The number of amides is 1. The summed E-state index contributed by atoms with van der Waals surface area (Å²) in [6.07, 6.45) is 9.90. The van der Waals surface area contributed by atoms with Crippen LogP contribution >= 0.6 is 0 Å². The van der Waals surface area contributed by atoms with Crippen molar-refractivity contribution >= 4 is 17.5 Å². The number of benzene rings is 1. The Bertz CT molecular complexity index is 1150. The first-order valence-corrected chi connectivity index (χ1v) is 10.6. The molecule has 1 aromatic carbocycles. The van der Waals surface area contributed by atoms with Crippen molar-refractivity contribution in [2.24, 2.45) is 5.92 Å². The summed E-state index contributed by atoms with van der Waals surface area (Å²) in [6.45, 7) is 1.96. The molecular formula is C23H23N7O. The van der Waals surface area contributed by atoms with Gasteiger partial charge in [-0.1, -0.05) is 12.1 Å². The van der Waals surface area contributed by atoms with Crippen LogP contribution < -0.4 is 10.6 Å². The third-order valence-corrected chi connectivity index (χ3v) is 5.69. The molecule has 8 nitrogen and oxygen atoms in total. The van der Waals surface area contributed by atoms with E-state index in [1.807, 2.05) is 29.9 Å². The number of nitrogens with one attached hydrogen (secondary N) is 2. The van der Waals surface area contributed by atoms with Crippen molar-refractivity contribution < 1.29 is 4.79 Å². The van der Waals surface area contributed by atoms with Gasteiger partial charge in [-0.2, -0.15) is 10.4 Å². The standard InChI is InChI=1S/C23H23N7O/c1-14-11-25-23(27-18-12-26-30(13-18)19-8-9-19)29-21(14)16-4-6-17(7-5-16)22(31)28-20(10-24)15-2-3-15/h4-7,11-13,15,19-20H,2-3,8-9H2,1H3,(H,28,31)(H,25,27,29).